The maximum Gasteiger partial charge on any atom is 0.276 e. The van der Waals surface area contributed by atoms with Gasteiger partial charge in [-0.05, 0) is 11.4 Å². The molecule has 1 saturated heterocycles. The molecule has 25 heavy (non-hydrogen) atoms. The van der Waals surface area contributed by atoms with Gasteiger partial charge < -0.3 is 9.80 Å². The Morgan fingerprint density at radius 1 is 1.24 bits per heavy atom. The predicted molar refractivity (Wildman–Crippen MR) is 94.2 cm³/mol. The van der Waals surface area contributed by atoms with Crippen LogP contribution in [0.3, 0.4) is 0 Å². The third-order valence-corrected chi connectivity index (χ3v) is 5.03. The number of nitrogens with zero attached hydrogens (tertiary/aromatic N) is 6. The van der Waals surface area contributed by atoms with Gasteiger partial charge >= 0.3 is 0 Å². The van der Waals surface area contributed by atoms with Crippen molar-refractivity contribution in [3.8, 4) is 0 Å². The van der Waals surface area contributed by atoms with Crippen LogP contribution in [0.15, 0.2) is 23.7 Å². The Kier molecular flexibility index (Phi) is 5.44. The highest BCUT2D eigenvalue weighted by Crippen LogP contribution is 2.14. The lowest BCUT2D eigenvalue weighted by Crippen LogP contribution is -2.48. The average molecular weight is 362 g/mol. The molecule has 1 aliphatic heterocycles. The van der Waals surface area contributed by atoms with Crippen molar-refractivity contribution in [2.45, 2.75) is 13.1 Å². The molecule has 2 amide bonds. The smallest absolute Gasteiger partial charge is 0.276 e. The molecular weight excluding hydrogens is 340 g/mol. The van der Waals surface area contributed by atoms with E-state index in [9.17, 15) is 9.59 Å². The first kappa shape index (κ1) is 17.6. The maximum absolute atomic E-state index is 12.6. The van der Waals surface area contributed by atoms with Gasteiger partial charge in [-0.2, -0.15) is 0 Å². The Labute approximate surface area is 150 Å². The molecule has 134 valence electrons. The van der Waals surface area contributed by atoms with Crippen molar-refractivity contribution in [3.05, 3.63) is 34.3 Å². The fourth-order valence-electron chi connectivity index (χ4n) is 2.65. The van der Waals surface area contributed by atoms with E-state index in [1.807, 2.05) is 0 Å². The zero-order valence-corrected chi connectivity index (χ0v) is 15.3. The molecule has 0 saturated carbocycles. The van der Waals surface area contributed by atoms with E-state index in [2.05, 4.69) is 32.7 Å². The van der Waals surface area contributed by atoms with Gasteiger partial charge in [-0.25, -0.2) is 4.68 Å². The van der Waals surface area contributed by atoms with Crippen LogP contribution in [0.25, 0.3) is 0 Å². The van der Waals surface area contributed by atoms with Crippen LogP contribution in [-0.4, -0.2) is 81.8 Å². The van der Waals surface area contributed by atoms with Gasteiger partial charge in [0.2, 0.25) is 5.91 Å². The molecule has 0 atom stereocenters. The minimum absolute atomic E-state index is 0.0852. The summed E-state index contributed by atoms with van der Waals surface area (Å²) in [5.74, 6) is -0.217. The molecule has 2 aromatic heterocycles. The van der Waals surface area contributed by atoms with Crippen LogP contribution in [0.5, 0.6) is 0 Å². The van der Waals surface area contributed by atoms with Gasteiger partial charge in [-0.1, -0.05) is 11.3 Å². The molecule has 9 heteroatoms. The van der Waals surface area contributed by atoms with Crippen LogP contribution in [0.4, 0.5) is 0 Å². The fourth-order valence-corrected chi connectivity index (χ4v) is 3.39. The minimum Gasteiger partial charge on any atom is -0.347 e. The summed E-state index contributed by atoms with van der Waals surface area (Å²) in [7, 11) is 3.36. The summed E-state index contributed by atoms with van der Waals surface area (Å²) in [6.45, 7) is 4.06. The summed E-state index contributed by atoms with van der Waals surface area (Å²) < 4.78 is 1.41. The molecule has 0 unspecified atom stereocenters. The number of rotatable bonds is 5. The molecule has 2 aromatic rings. The largest absolute Gasteiger partial charge is 0.347 e. The number of carbonyl (C=O) groups is 2. The van der Waals surface area contributed by atoms with Gasteiger partial charge in [-0.3, -0.25) is 14.5 Å². The van der Waals surface area contributed by atoms with Crippen molar-refractivity contribution < 1.29 is 9.59 Å². The minimum atomic E-state index is -0.126. The van der Waals surface area contributed by atoms with E-state index in [1.54, 1.807) is 36.5 Å². The van der Waals surface area contributed by atoms with Crippen molar-refractivity contribution in [2.24, 2.45) is 0 Å². The summed E-state index contributed by atoms with van der Waals surface area (Å²) in [4.78, 5) is 31.2. The topological polar surface area (TPSA) is 74.6 Å². The van der Waals surface area contributed by atoms with Crippen LogP contribution >= 0.6 is 11.3 Å². The molecule has 0 spiro atoms. The molecule has 0 bridgehead atoms. The molecule has 0 N–H and O–H groups in total. The van der Waals surface area contributed by atoms with Gasteiger partial charge in [0.25, 0.3) is 5.91 Å². The lowest BCUT2D eigenvalue weighted by molar-refractivity contribution is -0.129. The molecule has 3 heterocycles. The second-order valence-corrected chi connectivity index (χ2v) is 7.27. The summed E-state index contributed by atoms with van der Waals surface area (Å²) in [5.41, 5.74) is 0.290. The number of aromatic nitrogens is 3. The normalized spacial score (nSPS) is 15.4. The second-order valence-electron chi connectivity index (χ2n) is 6.24. The third kappa shape index (κ3) is 4.43. The van der Waals surface area contributed by atoms with Gasteiger partial charge in [0.15, 0.2) is 5.69 Å². The highest BCUT2D eigenvalue weighted by Gasteiger charge is 2.24. The lowest BCUT2D eigenvalue weighted by atomic mass is 10.2. The van der Waals surface area contributed by atoms with Crippen LogP contribution in [0.1, 0.15) is 15.4 Å². The monoisotopic (exact) mass is 362 g/mol. The number of piperazine rings is 1. The molecule has 3 rings (SSSR count). The second kappa shape index (κ2) is 7.75. The van der Waals surface area contributed by atoms with Gasteiger partial charge in [0.1, 0.15) is 6.54 Å². The van der Waals surface area contributed by atoms with E-state index in [0.29, 0.717) is 18.8 Å². The first-order valence-electron chi connectivity index (χ1n) is 8.17. The van der Waals surface area contributed by atoms with Crippen molar-refractivity contribution in [2.75, 3.05) is 40.3 Å². The Hall–Kier alpha value is -2.26. The fraction of sp³-hybridized carbons (Fsp3) is 0.500. The number of carbonyl (C=O) groups excluding carboxylic acids is 2. The van der Waals surface area contributed by atoms with Crippen molar-refractivity contribution in [1.29, 1.82) is 0 Å². The van der Waals surface area contributed by atoms with Crippen LogP contribution in [-0.2, 0) is 17.9 Å². The Balaban J connectivity index is 1.52. The van der Waals surface area contributed by atoms with Crippen molar-refractivity contribution in [3.63, 3.8) is 0 Å². The summed E-state index contributed by atoms with van der Waals surface area (Å²) in [6, 6.07) is 4.19. The molecule has 1 aliphatic rings. The quantitative estimate of drug-likeness (QED) is 0.769. The number of hydrogen-bond donors (Lipinski definition) is 0. The third-order valence-electron chi connectivity index (χ3n) is 4.17. The lowest BCUT2D eigenvalue weighted by Gasteiger charge is -2.34. The zero-order chi connectivity index (χ0) is 17.8. The van der Waals surface area contributed by atoms with E-state index in [-0.39, 0.29) is 18.4 Å². The SMILES string of the molecule is CN(C)C(=O)Cn1cc(C(=O)N2CCN(Cc3cccs3)CC2)nn1. The molecule has 8 nitrogen and oxygen atoms in total. The predicted octanol–water partition coefficient (Wildman–Crippen LogP) is 0.386. The standard InChI is InChI=1S/C16H22N6O2S/c1-19(2)15(23)12-22-11-14(17-18-22)16(24)21-7-5-20(6-8-21)10-13-4-3-9-25-13/h3-4,9,11H,5-8,10,12H2,1-2H3. The molecular formula is C16H22N6O2S. The average Bonchev–Trinajstić information content (AvgIpc) is 3.27. The Morgan fingerprint density at radius 2 is 2.00 bits per heavy atom. The van der Waals surface area contributed by atoms with Crippen molar-refractivity contribution in [1.82, 2.24) is 29.7 Å². The Morgan fingerprint density at radius 3 is 2.64 bits per heavy atom. The Bertz CT molecular complexity index is 719. The van der Waals surface area contributed by atoms with Crippen LogP contribution < -0.4 is 0 Å². The van der Waals surface area contributed by atoms with Gasteiger partial charge in [0.05, 0.1) is 6.20 Å². The molecule has 0 radical (unpaired) electrons. The van der Waals surface area contributed by atoms with E-state index >= 15 is 0 Å². The van der Waals surface area contributed by atoms with Crippen LogP contribution in [0.2, 0.25) is 0 Å². The zero-order valence-electron chi connectivity index (χ0n) is 14.5. The van der Waals surface area contributed by atoms with Gasteiger partial charge in [0, 0.05) is 51.7 Å². The first-order chi connectivity index (χ1) is 12.0. The number of hydrogen-bond acceptors (Lipinski definition) is 6. The van der Waals surface area contributed by atoms with E-state index < -0.39 is 0 Å². The summed E-state index contributed by atoms with van der Waals surface area (Å²) in [6.07, 6.45) is 1.54. The molecule has 1 fully saturated rings. The first-order valence-corrected chi connectivity index (χ1v) is 9.05. The summed E-state index contributed by atoms with van der Waals surface area (Å²) >= 11 is 1.76. The van der Waals surface area contributed by atoms with E-state index in [1.165, 1.54) is 14.5 Å². The van der Waals surface area contributed by atoms with Crippen molar-refractivity contribution >= 4 is 23.2 Å². The molecule has 0 aromatic carbocycles. The maximum atomic E-state index is 12.6. The van der Waals surface area contributed by atoms with Gasteiger partial charge in [-0.15, -0.1) is 16.4 Å². The number of likely N-dealkylation sites (N-methyl/N-ethyl adjacent to an activating group) is 1. The number of thiophene rings is 1. The highest BCUT2D eigenvalue weighted by atomic mass is 32.1. The molecule has 0 aliphatic carbocycles. The number of amides is 2. The highest BCUT2D eigenvalue weighted by molar-refractivity contribution is 7.09. The summed E-state index contributed by atoms with van der Waals surface area (Å²) in [5, 5.41) is 9.89. The van der Waals surface area contributed by atoms with E-state index in [0.717, 1.165) is 19.6 Å². The van der Waals surface area contributed by atoms with Crippen LogP contribution in [0, 0.1) is 0 Å². The van der Waals surface area contributed by atoms with E-state index in [4.69, 9.17) is 0 Å².